The lowest BCUT2D eigenvalue weighted by Gasteiger charge is -2.06. The van der Waals surface area contributed by atoms with Crippen molar-refractivity contribution in [1.82, 2.24) is 10.2 Å². The molecule has 3 rings (SSSR count). The number of aromatic nitrogens is 2. The standard InChI is InChI=1S/C18H14BrN3O3S2/c1-25-15-5-3-2-4-13(15)16(24)20-17-21-22-18(27-17)26-10-14(23)11-6-8-12(19)9-7-11/h2-9H,10H2,1H3,(H,20,21,24). The smallest absolute Gasteiger partial charge is 0.261 e. The van der Waals surface area contributed by atoms with E-state index in [1.54, 1.807) is 36.4 Å². The summed E-state index contributed by atoms with van der Waals surface area (Å²) in [5, 5.41) is 11.0. The highest BCUT2D eigenvalue weighted by Crippen LogP contribution is 2.27. The number of halogens is 1. The third kappa shape index (κ3) is 5.15. The number of anilines is 1. The first kappa shape index (κ1) is 19.5. The Morgan fingerprint density at radius 3 is 2.63 bits per heavy atom. The second-order valence-corrected chi connectivity index (χ2v) is 8.36. The molecule has 0 radical (unpaired) electrons. The first-order valence-corrected chi connectivity index (χ1v) is 10.4. The second kappa shape index (κ2) is 9.12. The summed E-state index contributed by atoms with van der Waals surface area (Å²) < 4.78 is 6.72. The SMILES string of the molecule is COc1ccccc1C(=O)Nc1nnc(SCC(=O)c2ccc(Br)cc2)s1. The highest BCUT2D eigenvalue weighted by atomic mass is 79.9. The van der Waals surface area contributed by atoms with Crippen LogP contribution in [0.25, 0.3) is 0 Å². The molecular weight excluding hydrogens is 450 g/mol. The molecule has 6 nitrogen and oxygen atoms in total. The minimum atomic E-state index is -0.328. The van der Waals surface area contributed by atoms with Gasteiger partial charge in [0.25, 0.3) is 5.91 Å². The van der Waals surface area contributed by atoms with Crippen LogP contribution < -0.4 is 10.1 Å². The summed E-state index contributed by atoms with van der Waals surface area (Å²) in [5.41, 5.74) is 1.05. The van der Waals surface area contributed by atoms with Gasteiger partial charge in [-0.2, -0.15) is 0 Å². The summed E-state index contributed by atoms with van der Waals surface area (Å²) >= 11 is 5.85. The summed E-state index contributed by atoms with van der Waals surface area (Å²) in [5.74, 6) is 0.402. The summed E-state index contributed by atoms with van der Waals surface area (Å²) in [6.45, 7) is 0. The van der Waals surface area contributed by atoms with Gasteiger partial charge in [-0.05, 0) is 24.3 Å². The Kier molecular flexibility index (Phi) is 6.59. The number of ether oxygens (including phenoxy) is 1. The minimum Gasteiger partial charge on any atom is -0.496 e. The van der Waals surface area contributed by atoms with Gasteiger partial charge in [0, 0.05) is 10.0 Å². The van der Waals surface area contributed by atoms with Gasteiger partial charge in [0.2, 0.25) is 5.13 Å². The number of hydrogen-bond acceptors (Lipinski definition) is 7. The Morgan fingerprint density at radius 1 is 1.15 bits per heavy atom. The van der Waals surface area contributed by atoms with Crippen molar-refractivity contribution in [3.8, 4) is 5.75 Å². The van der Waals surface area contributed by atoms with Gasteiger partial charge in [-0.15, -0.1) is 10.2 Å². The van der Waals surface area contributed by atoms with Gasteiger partial charge in [-0.3, -0.25) is 14.9 Å². The van der Waals surface area contributed by atoms with Gasteiger partial charge in [0.1, 0.15) is 5.75 Å². The Hall–Kier alpha value is -2.23. The van der Waals surface area contributed by atoms with Crippen molar-refractivity contribution in [2.45, 2.75) is 4.34 Å². The molecule has 1 N–H and O–H groups in total. The quantitative estimate of drug-likeness (QED) is 0.314. The summed E-state index contributed by atoms with van der Waals surface area (Å²) in [4.78, 5) is 24.6. The summed E-state index contributed by atoms with van der Waals surface area (Å²) in [6, 6.07) is 14.1. The molecule has 1 amide bonds. The van der Waals surface area contributed by atoms with E-state index in [1.807, 2.05) is 12.1 Å². The molecule has 0 bridgehead atoms. The van der Waals surface area contributed by atoms with Gasteiger partial charge in [-0.25, -0.2) is 0 Å². The first-order valence-electron chi connectivity index (χ1n) is 7.76. The van der Waals surface area contributed by atoms with E-state index < -0.39 is 0 Å². The molecule has 27 heavy (non-hydrogen) atoms. The molecule has 2 aromatic carbocycles. The third-order valence-electron chi connectivity index (χ3n) is 3.47. The van der Waals surface area contributed by atoms with Crippen molar-refractivity contribution < 1.29 is 14.3 Å². The van der Waals surface area contributed by atoms with Crippen molar-refractivity contribution in [3.63, 3.8) is 0 Å². The Balaban J connectivity index is 1.59. The fourth-order valence-corrected chi connectivity index (χ4v) is 4.07. The Bertz CT molecular complexity index is 960. The number of amides is 1. The predicted molar refractivity (Wildman–Crippen MR) is 110 cm³/mol. The Morgan fingerprint density at radius 2 is 1.89 bits per heavy atom. The Labute approximate surface area is 172 Å². The van der Waals surface area contributed by atoms with E-state index >= 15 is 0 Å². The number of rotatable bonds is 7. The average Bonchev–Trinajstić information content (AvgIpc) is 3.13. The number of hydrogen-bond donors (Lipinski definition) is 1. The molecular formula is C18H14BrN3O3S2. The average molecular weight is 464 g/mol. The molecule has 0 unspecified atom stereocenters. The van der Waals surface area contributed by atoms with Crippen LogP contribution in [-0.2, 0) is 0 Å². The lowest BCUT2D eigenvalue weighted by atomic mass is 10.2. The maximum atomic E-state index is 12.4. The number of benzene rings is 2. The normalized spacial score (nSPS) is 10.4. The maximum Gasteiger partial charge on any atom is 0.261 e. The number of nitrogens with one attached hydrogen (secondary N) is 1. The van der Waals surface area contributed by atoms with Gasteiger partial charge in [0.15, 0.2) is 10.1 Å². The molecule has 9 heteroatoms. The minimum absolute atomic E-state index is 0.00214. The van der Waals surface area contributed by atoms with Gasteiger partial charge >= 0.3 is 0 Å². The van der Waals surface area contributed by atoms with Crippen LogP contribution in [0.15, 0.2) is 57.3 Å². The van der Waals surface area contributed by atoms with Crippen LogP contribution in [0.4, 0.5) is 5.13 Å². The van der Waals surface area contributed by atoms with Crippen molar-refractivity contribution in [3.05, 3.63) is 64.1 Å². The number of carbonyl (C=O) groups is 2. The van der Waals surface area contributed by atoms with Gasteiger partial charge in [-0.1, -0.05) is 63.3 Å². The van der Waals surface area contributed by atoms with Crippen LogP contribution in [0.5, 0.6) is 5.75 Å². The monoisotopic (exact) mass is 463 g/mol. The molecule has 1 aromatic heterocycles. The summed E-state index contributed by atoms with van der Waals surface area (Å²) in [6.07, 6.45) is 0. The van der Waals surface area contributed by atoms with Crippen molar-refractivity contribution >= 4 is 55.9 Å². The number of nitrogens with zero attached hydrogens (tertiary/aromatic N) is 2. The van der Waals surface area contributed by atoms with Crippen LogP contribution >= 0.6 is 39.0 Å². The van der Waals surface area contributed by atoms with Crippen LogP contribution in [0, 0.1) is 0 Å². The van der Waals surface area contributed by atoms with E-state index in [2.05, 4.69) is 31.4 Å². The topological polar surface area (TPSA) is 81.2 Å². The third-order valence-corrected chi connectivity index (χ3v) is 5.97. The summed E-state index contributed by atoms with van der Waals surface area (Å²) in [7, 11) is 1.51. The largest absolute Gasteiger partial charge is 0.496 e. The highest BCUT2D eigenvalue weighted by Gasteiger charge is 2.15. The zero-order valence-electron chi connectivity index (χ0n) is 14.1. The molecule has 0 aliphatic heterocycles. The molecule has 0 fully saturated rings. The first-order chi connectivity index (χ1) is 13.1. The van der Waals surface area contributed by atoms with Crippen LogP contribution in [0.2, 0.25) is 0 Å². The van der Waals surface area contributed by atoms with E-state index in [0.29, 0.717) is 26.3 Å². The number of methoxy groups -OCH3 is 1. The lowest BCUT2D eigenvalue weighted by Crippen LogP contribution is -2.12. The molecule has 3 aromatic rings. The van der Waals surface area contributed by atoms with Crippen molar-refractivity contribution in [2.75, 3.05) is 18.2 Å². The molecule has 138 valence electrons. The number of Topliss-reactive ketones (excluding diaryl/α,β-unsaturated/α-hetero) is 1. The number of ketones is 1. The van der Waals surface area contributed by atoms with Gasteiger partial charge < -0.3 is 4.74 Å². The number of carbonyl (C=O) groups excluding carboxylic acids is 2. The van der Waals surface area contributed by atoms with Crippen molar-refractivity contribution in [2.24, 2.45) is 0 Å². The predicted octanol–water partition coefficient (Wildman–Crippen LogP) is 4.54. The fourth-order valence-electron chi connectivity index (χ4n) is 2.16. The molecule has 0 saturated carbocycles. The lowest BCUT2D eigenvalue weighted by molar-refractivity contribution is 0.101. The molecule has 0 atom stereocenters. The molecule has 0 aliphatic rings. The van der Waals surface area contributed by atoms with Crippen LogP contribution in [0.1, 0.15) is 20.7 Å². The molecule has 1 heterocycles. The van der Waals surface area contributed by atoms with E-state index in [-0.39, 0.29) is 17.4 Å². The van der Waals surface area contributed by atoms with E-state index in [4.69, 9.17) is 4.74 Å². The highest BCUT2D eigenvalue weighted by molar-refractivity contribution is 9.10. The second-order valence-electron chi connectivity index (χ2n) is 5.25. The number of para-hydroxylation sites is 1. The van der Waals surface area contributed by atoms with E-state index in [0.717, 1.165) is 4.47 Å². The van der Waals surface area contributed by atoms with E-state index in [1.165, 1.54) is 30.2 Å². The maximum absolute atomic E-state index is 12.4. The van der Waals surface area contributed by atoms with Gasteiger partial charge in [0.05, 0.1) is 18.4 Å². The molecule has 0 saturated heterocycles. The fraction of sp³-hybridized carbons (Fsp3) is 0.111. The zero-order valence-corrected chi connectivity index (χ0v) is 17.4. The van der Waals surface area contributed by atoms with Crippen LogP contribution in [0.3, 0.4) is 0 Å². The van der Waals surface area contributed by atoms with E-state index in [9.17, 15) is 9.59 Å². The zero-order chi connectivity index (χ0) is 19.2. The molecule has 0 aliphatic carbocycles. The number of thioether (sulfide) groups is 1. The van der Waals surface area contributed by atoms with Crippen molar-refractivity contribution in [1.29, 1.82) is 0 Å². The van der Waals surface area contributed by atoms with Crippen LogP contribution in [-0.4, -0.2) is 34.8 Å². The molecule has 0 spiro atoms.